The van der Waals surface area contributed by atoms with Gasteiger partial charge in [0.25, 0.3) is 5.91 Å². The van der Waals surface area contributed by atoms with Crippen LogP contribution in [0.4, 0.5) is 5.69 Å². The maximum absolute atomic E-state index is 12.0. The van der Waals surface area contributed by atoms with Gasteiger partial charge < -0.3 is 5.32 Å². The number of nitrogens with zero attached hydrogens (tertiary/aromatic N) is 2. The molecule has 0 bridgehead atoms. The highest BCUT2D eigenvalue weighted by Gasteiger charge is 2.10. The minimum Gasteiger partial charge on any atom is -0.320 e. The normalized spacial score (nSPS) is 10.2. The first-order valence-electron chi connectivity index (χ1n) is 5.12. The number of amides is 1. The Balaban J connectivity index is 2.22. The number of rotatable bonds is 2. The highest BCUT2D eigenvalue weighted by Crippen LogP contribution is 2.23. The molecule has 2 aromatic heterocycles. The molecule has 92 valence electrons. The molecule has 0 aromatic carbocycles. The zero-order valence-corrected chi connectivity index (χ0v) is 11.8. The van der Waals surface area contributed by atoms with Crippen molar-refractivity contribution in [1.29, 1.82) is 0 Å². The van der Waals surface area contributed by atoms with Gasteiger partial charge in [-0.25, -0.2) is 4.98 Å². The molecule has 2 heterocycles. The summed E-state index contributed by atoms with van der Waals surface area (Å²) in [6, 6.07) is 5.13. The van der Waals surface area contributed by atoms with E-state index in [9.17, 15) is 4.79 Å². The fourth-order valence-electron chi connectivity index (χ4n) is 1.41. The number of halogens is 2. The lowest BCUT2D eigenvalue weighted by Gasteiger charge is -2.07. The standard InChI is InChI=1S/C12H9BrClN3O/c1-7-9(3-2-4-15-7)12(18)17-8-5-10(13)11(14)16-6-8/h2-6H,1H3,(H,17,18). The molecule has 1 amide bonds. The van der Waals surface area contributed by atoms with Gasteiger partial charge in [0.1, 0.15) is 5.15 Å². The molecule has 0 atom stereocenters. The predicted octanol–water partition coefficient (Wildman–Crippen LogP) is 3.45. The monoisotopic (exact) mass is 325 g/mol. The number of pyridine rings is 2. The number of nitrogens with one attached hydrogen (secondary N) is 1. The van der Waals surface area contributed by atoms with Crippen molar-refractivity contribution in [3.05, 3.63) is 51.5 Å². The molecular formula is C12H9BrClN3O. The fraction of sp³-hybridized carbons (Fsp3) is 0.0833. The van der Waals surface area contributed by atoms with Crippen LogP contribution >= 0.6 is 27.5 Å². The average molecular weight is 327 g/mol. The Bertz CT molecular complexity index is 604. The Hall–Kier alpha value is -1.46. The van der Waals surface area contributed by atoms with E-state index in [-0.39, 0.29) is 5.91 Å². The molecule has 0 radical (unpaired) electrons. The van der Waals surface area contributed by atoms with E-state index in [1.165, 1.54) is 6.20 Å². The SMILES string of the molecule is Cc1ncccc1C(=O)Nc1cnc(Cl)c(Br)c1. The number of aryl methyl sites for hydroxylation is 1. The first kappa shape index (κ1) is 13.0. The third-order valence-electron chi connectivity index (χ3n) is 2.31. The zero-order chi connectivity index (χ0) is 13.1. The number of carbonyl (C=O) groups excluding carboxylic acids is 1. The quantitative estimate of drug-likeness (QED) is 0.860. The number of hydrogen-bond acceptors (Lipinski definition) is 3. The molecule has 0 saturated heterocycles. The van der Waals surface area contributed by atoms with Crippen molar-refractivity contribution in [3.8, 4) is 0 Å². The van der Waals surface area contributed by atoms with Gasteiger partial charge in [-0.1, -0.05) is 11.6 Å². The van der Waals surface area contributed by atoms with Crippen LogP contribution < -0.4 is 5.32 Å². The lowest BCUT2D eigenvalue weighted by Crippen LogP contribution is -2.14. The van der Waals surface area contributed by atoms with Crippen LogP contribution in [0.2, 0.25) is 5.15 Å². The Morgan fingerprint density at radius 2 is 2.22 bits per heavy atom. The highest BCUT2D eigenvalue weighted by atomic mass is 79.9. The minimum absolute atomic E-state index is 0.225. The molecule has 4 nitrogen and oxygen atoms in total. The van der Waals surface area contributed by atoms with Gasteiger partial charge >= 0.3 is 0 Å². The number of anilines is 1. The van der Waals surface area contributed by atoms with Crippen LogP contribution in [0.5, 0.6) is 0 Å². The molecule has 2 rings (SSSR count). The van der Waals surface area contributed by atoms with E-state index >= 15 is 0 Å². The van der Waals surface area contributed by atoms with E-state index in [4.69, 9.17) is 11.6 Å². The molecular weight excluding hydrogens is 318 g/mol. The summed E-state index contributed by atoms with van der Waals surface area (Å²) in [7, 11) is 0. The van der Waals surface area contributed by atoms with Gasteiger partial charge in [-0.05, 0) is 41.1 Å². The summed E-state index contributed by atoms with van der Waals surface area (Å²) in [6.45, 7) is 1.78. The Labute approximate surface area is 118 Å². The topological polar surface area (TPSA) is 54.9 Å². The van der Waals surface area contributed by atoms with E-state index in [0.717, 1.165) is 0 Å². The highest BCUT2D eigenvalue weighted by molar-refractivity contribution is 9.10. The second-order valence-corrected chi connectivity index (χ2v) is 4.80. The predicted molar refractivity (Wildman–Crippen MR) is 73.9 cm³/mol. The first-order valence-corrected chi connectivity index (χ1v) is 6.29. The van der Waals surface area contributed by atoms with Crippen molar-refractivity contribution in [2.45, 2.75) is 6.92 Å². The van der Waals surface area contributed by atoms with Crippen molar-refractivity contribution in [3.63, 3.8) is 0 Å². The van der Waals surface area contributed by atoms with Gasteiger partial charge in [0.05, 0.1) is 21.9 Å². The summed E-state index contributed by atoms with van der Waals surface area (Å²) >= 11 is 9.03. The van der Waals surface area contributed by atoms with Crippen molar-refractivity contribution >= 4 is 39.1 Å². The Morgan fingerprint density at radius 1 is 1.44 bits per heavy atom. The lowest BCUT2D eigenvalue weighted by molar-refractivity contribution is 0.102. The summed E-state index contributed by atoms with van der Waals surface area (Å²) in [5.41, 5.74) is 1.78. The molecule has 0 aliphatic rings. The van der Waals surface area contributed by atoms with Crippen LogP contribution in [0.3, 0.4) is 0 Å². The van der Waals surface area contributed by atoms with Gasteiger partial charge in [0, 0.05) is 11.9 Å². The summed E-state index contributed by atoms with van der Waals surface area (Å²) < 4.78 is 0.630. The molecule has 0 spiro atoms. The molecule has 2 aromatic rings. The van der Waals surface area contributed by atoms with Crippen molar-refractivity contribution < 1.29 is 4.79 Å². The van der Waals surface area contributed by atoms with Crippen molar-refractivity contribution in [2.75, 3.05) is 5.32 Å². The number of hydrogen-bond donors (Lipinski definition) is 1. The van der Waals surface area contributed by atoms with Crippen LogP contribution in [-0.4, -0.2) is 15.9 Å². The summed E-state index contributed by atoms with van der Waals surface area (Å²) in [5, 5.41) is 3.09. The lowest BCUT2D eigenvalue weighted by atomic mass is 10.2. The second-order valence-electron chi connectivity index (χ2n) is 3.59. The third kappa shape index (κ3) is 2.86. The number of carbonyl (C=O) groups is 1. The van der Waals surface area contributed by atoms with E-state index in [1.54, 1.807) is 31.3 Å². The van der Waals surface area contributed by atoms with E-state index in [2.05, 4.69) is 31.2 Å². The average Bonchev–Trinajstić information content (AvgIpc) is 2.34. The summed E-state index contributed by atoms with van der Waals surface area (Å²) in [5.74, 6) is -0.225. The fourth-order valence-corrected chi connectivity index (χ4v) is 1.86. The van der Waals surface area contributed by atoms with Crippen LogP contribution in [0.1, 0.15) is 16.1 Å². The van der Waals surface area contributed by atoms with Crippen molar-refractivity contribution in [1.82, 2.24) is 9.97 Å². The van der Waals surface area contributed by atoms with Crippen molar-refractivity contribution in [2.24, 2.45) is 0 Å². The van der Waals surface area contributed by atoms with Crippen LogP contribution in [0.25, 0.3) is 0 Å². The summed E-state index contributed by atoms with van der Waals surface area (Å²) in [6.07, 6.45) is 3.14. The first-order chi connectivity index (χ1) is 8.58. The maximum atomic E-state index is 12.0. The van der Waals surface area contributed by atoms with Gasteiger partial charge in [0.15, 0.2) is 0 Å². The molecule has 1 N–H and O–H groups in total. The molecule has 6 heteroatoms. The van der Waals surface area contributed by atoms with Gasteiger partial charge in [-0.3, -0.25) is 9.78 Å². The van der Waals surface area contributed by atoms with E-state index in [1.807, 2.05) is 0 Å². The second kappa shape index (κ2) is 5.46. The smallest absolute Gasteiger partial charge is 0.257 e. The van der Waals surface area contributed by atoms with Gasteiger partial charge in [-0.15, -0.1) is 0 Å². The van der Waals surface area contributed by atoms with E-state index in [0.29, 0.717) is 26.6 Å². The molecule has 0 aliphatic heterocycles. The zero-order valence-electron chi connectivity index (χ0n) is 9.45. The van der Waals surface area contributed by atoms with Crippen LogP contribution in [-0.2, 0) is 0 Å². The molecule has 0 aliphatic carbocycles. The molecule has 0 saturated carbocycles. The largest absolute Gasteiger partial charge is 0.320 e. The Morgan fingerprint density at radius 3 is 2.89 bits per heavy atom. The third-order valence-corrected chi connectivity index (χ3v) is 3.44. The summed E-state index contributed by atoms with van der Waals surface area (Å²) in [4.78, 5) is 20.0. The van der Waals surface area contributed by atoms with Crippen LogP contribution in [0, 0.1) is 6.92 Å². The van der Waals surface area contributed by atoms with E-state index < -0.39 is 0 Å². The molecule has 0 unspecified atom stereocenters. The molecule has 18 heavy (non-hydrogen) atoms. The maximum Gasteiger partial charge on any atom is 0.257 e. The van der Waals surface area contributed by atoms with Gasteiger partial charge in [0.2, 0.25) is 0 Å². The molecule has 0 fully saturated rings. The Kier molecular flexibility index (Phi) is 3.93. The minimum atomic E-state index is -0.225. The number of aromatic nitrogens is 2. The van der Waals surface area contributed by atoms with Crippen LogP contribution in [0.15, 0.2) is 35.1 Å². The van der Waals surface area contributed by atoms with Gasteiger partial charge in [-0.2, -0.15) is 0 Å².